The summed E-state index contributed by atoms with van der Waals surface area (Å²) in [6.45, 7) is 1.64. The lowest BCUT2D eigenvalue weighted by Gasteiger charge is -2.10. The molecule has 22 heavy (non-hydrogen) atoms. The maximum absolute atomic E-state index is 12.0. The maximum Gasteiger partial charge on any atom is 0.250 e. The van der Waals surface area contributed by atoms with Gasteiger partial charge in [0.2, 0.25) is 5.91 Å². The van der Waals surface area contributed by atoms with E-state index in [1.54, 1.807) is 6.07 Å². The van der Waals surface area contributed by atoms with Gasteiger partial charge in [0.25, 0.3) is 10.0 Å². The van der Waals surface area contributed by atoms with E-state index in [-0.39, 0.29) is 10.8 Å². The summed E-state index contributed by atoms with van der Waals surface area (Å²) in [6, 6.07) is 10.3. The van der Waals surface area contributed by atoms with Crippen molar-refractivity contribution in [3.8, 4) is 0 Å². The fraction of sp³-hybridized carbons (Fsp3) is 0.214. The minimum absolute atomic E-state index is 0.0826. The van der Waals surface area contributed by atoms with Gasteiger partial charge in [-0.25, -0.2) is 13.1 Å². The SMILES string of the molecule is CCc1ccccc1NC(=O)CNS(=O)(=O)c1ccc(Cl)s1. The van der Waals surface area contributed by atoms with Crippen LogP contribution in [-0.4, -0.2) is 20.9 Å². The third-order valence-corrected chi connectivity index (χ3v) is 6.03. The number of hydrogen-bond donors (Lipinski definition) is 2. The van der Waals surface area contributed by atoms with Crippen molar-refractivity contribution in [1.82, 2.24) is 4.72 Å². The number of benzene rings is 1. The summed E-state index contributed by atoms with van der Waals surface area (Å²) in [4.78, 5) is 11.9. The molecule has 1 aromatic heterocycles. The zero-order chi connectivity index (χ0) is 16.2. The number of amides is 1. The van der Waals surface area contributed by atoms with Gasteiger partial charge in [-0.1, -0.05) is 36.7 Å². The minimum Gasteiger partial charge on any atom is -0.325 e. The molecule has 118 valence electrons. The maximum atomic E-state index is 12.0. The van der Waals surface area contributed by atoms with Gasteiger partial charge in [0.15, 0.2) is 0 Å². The molecule has 0 spiro atoms. The second-order valence-corrected chi connectivity index (χ2v) is 8.15. The molecule has 2 N–H and O–H groups in total. The number of carbonyl (C=O) groups is 1. The highest BCUT2D eigenvalue weighted by Crippen LogP contribution is 2.25. The minimum atomic E-state index is -3.72. The molecule has 1 aromatic carbocycles. The second kappa shape index (κ2) is 7.23. The van der Waals surface area contributed by atoms with E-state index < -0.39 is 15.9 Å². The van der Waals surface area contributed by atoms with Crippen molar-refractivity contribution < 1.29 is 13.2 Å². The van der Waals surface area contributed by atoms with E-state index in [1.807, 2.05) is 25.1 Å². The van der Waals surface area contributed by atoms with Gasteiger partial charge >= 0.3 is 0 Å². The molecular formula is C14H15ClN2O3S2. The largest absolute Gasteiger partial charge is 0.325 e. The Hall–Kier alpha value is -1.41. The fourth-order valence-electron chi connectivity index (χ4n) is 1.82. The zero-order valence-electron chi connectivity index (χ0n) is 11.8. The number of nitrogens with one attached hydrogen (secondary N) is 2. The summed E-state index contributed by atoms with van der Waals surface area (Å²) >= 11 is 6.66. The summed E-state index contributed by atoms with van der Waals surface area (Å²) in [5.41, 5.74) is 1.68. The van der Waals surface area contributed by atoms with Gasteiger partial charge in [-0.15, -0.1) is 11.3 Å². The molecule has 0 radical (unpaired) electrons. The Balaban J connectivity index is 1.98. The number of rotatable bonds is 6. The molecule has 8 heteroatoms. The van der Waals surface area contributed by atoms with Gasteiger partial charge in [-0.3, -0.25) is 4.79 Å². The van der Waals surface area contributed by atoms with E-state index in [0.29, 0.717) is 10.0 Å². The predicted octanol–water partition coefficient (Wildman–Crippen LogP) is 2.88. The molecule has 0 aliphatic rings. The first-order valence-electron chi connectivity index (χ1n) is 6.55. The van der Waals surface area contributed by atoms with E-state index in [2.05, 4.69) is 10.0 Å². The highest BCUT2D eigenvalue weighted by Gasteiger charge is 2.18. The lowest BCUT2D eigenvalue weighted by Crippen LogP contribution is -2.32. The van der Waals surface area contributed by atoms with Gasteiger partial charge in [-0.2, -0.15) is 0 Å². The summed E-state index contributed by atoms with van der Waals surface area (Å²) in [6.07, 6.45) is 0.774. The van der Waals surface area contributed by atoms with Crippen LogP contribution in [0.15, 0.2) is 40.6 Å². The van der Waals surface area contributed by atoms with Gasteiger partial charge in [0.05, 0.1) is 10.9 Å². The number of carbonyl (C=O) groups excluding carboxylic acids is 1. The van der Waals surface area contributed by atoms with Crippen LogP contribution in [0.1, 0.15) is 12.5 Å². The van der Waals surface area contributed by atoms with E-state index in [4.69, 9.17) is 11.6 Å². The van der Waals surface area contributed by atoms with Gasteiger partial charge in [0, 0.05) is 5.69 Å². The molecule has 2 rings (SSSR count). The van der Waals surface area contributed by atoms with Crippen molar-refractivity contribution in [2.75, 3.05) is 11.9 Å². The molecule has 2 aromatic rings. The van der Waals surface area contributed by atoms with E-state index >= 15 is 0 Å². The third-order valence-electron chi connectivity index (χ3n) is 2.91. The topological polar surface area (TPSA) is 75.3 Å². The molecule has 0 unspecified atom stereocenters. The molecule has 0 saturated heterocycles. The highest BCUT2D eigenvalue weighted by atomic mass is 35.5. The Morgan fingerprint density at radius 1 is 1.23 bits per heavy atom. The summed E-state index contributed by atoms with van der Waals surface area (Å²) in [5, 5.41) is 2.70. The van der Waals surface area contributed by atoms with Crippen LogP contribution < -0.4 is 10.0 Å². The van der Waals surface area contributed by atoms with E-state index in [1.165, 1.54) is 12.1 Å². The van der Waals surface area contributed by atoms with Gasteiger partial charge in [0.1, 0.15) is 4.21 Å². The van der Waals surface area contributed by atoms with Crippen LogP contribution in [0, 0.1) is 0 Å². The Kier molecular flexibility index (Phi) is 5.57. The van der Waals surface area contributed by atoms with Crippen LogP contribution in [0.5, 0.6) is 0 Å². The second-order valence-electron chi connectivity index (χ2n) is 4.44. The number of aryl methyl sites for hydroxylation is 1. The molecule has 0 atom stereocenters. The van der Waals surface area contributed by atoms with E-state index in [9.17, 15) is 13.2 Å². The lowest BCUT2D eigenvalue weighted by molar-refractivity contribution is -0.115. The van der Waals surface area contributed by atoms with Crippen molar-refractivity contribution in [1.29, 1.82) is 0 Å². The Morgan fingerprint density at radius 3 is 2.59 bits per heavy atom. The van der Waals surface area contributed by atoms with Crippen molar-refractivity contribution in [3.63, 3.8) is 0 Å². The third kappa shape index (κ3) is 4.30. The molecule has 0 aliphatic carbocycles. The predicted molar refractivity (Wildman–Crippen MR) is 89.0 cm³/mol. The van der Waals surface area contributed by atoms with Gasteiger partial charge < -0.3 is 5.32 Å². The average Bonchev–Trinajstić information content (AvgIpc) is 2.93. The Labute approximate surface area is 138 Å². The van der Waals surface area contributed by atoms with E-state index in [0.717, 1.165) is 23.3 Å². The fourth-order valence-corrected chi connectivity index (χ4v) is 4.33. The van der Waals surface area contributed by atoms with Crippen molar-refractivity contribution in [3.05, 3.63) is 46.3 Å². The van der Waals surface area contributed by atoms with Gasteiger partial charge in [-0.05, 0) is 30.2 Å². The molecule has 1 amide bonds. The molecule has 0 bridgehead atoms. The van der Waals surface area contributed by atoms with Crippen LogP contribution in [0.2, 0.25) is 4.34 Å². The lowest BCUT2D eigenvalue weighted by atomic mass is 10.1. The smallest absolute Gasteiger partial charge is 0.250 e. The van der Waals surface area contributed by atoms with Crippen molar-refractivity contribution in [2.45, 2.75) is 17.6 Å². The molecule has 0 aliphatic heterocycles. The van der Waals surface area contributed by atoms with Crippen LogP contribution >= 0.6 is 22.9 Å². The standard InChI is InChI=1S/C14H15ClN2O3S2/c1-2-10-5-3-4-6-11(10)17-13(18)9-16-22(19,20)14-8-7-12(15)21-14/h3-8,16H,2,9H2,1H3,(H,17,18). The highest BCUT2D eigenvalue weighted by molar-refractivity contribution is 7.91. The average molecular weight is 359 g/mol. The monoisotopic (exact) mass is 358 g/mol. The summed E-state index contributed by atoms with van der Waals surface area (Å²) < 4.78 is 26.7. The first kappa shape index (κ1) is 17.0. The van der Waals surface area contributed by atoms with Crippen molar-refractivity contribution >= 4 is 44.6 Å². The van der Waals surface area contributed by atoms with Crippen LogP contribution in [0.4, 0.5) is 5.69 Å². The van der Waals surface area contributed by atoms with Crippen molar-refractivity contribution in [2.24, 2.45) is 0 Å². The molecule has 1 heterocycles. The number of halogens is 1. The summed E-state index contributed by atoms with van der Waals surface area (Å²) in [5.74, 6) is -0.424. The Bertz CT molecular complexity index is 772. The number of hydrogen-bond acceptors (Lipinski definition) is 4. The number of thiophene rings is 1. The normalized spacial score (nSPS) is 11.4. The molecular weight excluding hydrogens is 344 g/mol. The molecule has 0 saturated carbocycles. The number of sulfonamides is 1. The quantitative estimate of drug-likeness (QED) is 0.833. The van der Waals surface area contributed by atoms with Crippen LogP contribution in [0.25, 0.3) is 0 Å². The number of anilines is 1. The molecule has 5 nitrogen and oxygen atoms in total. The molecule has 0 fully saturated rings. The van der Waals surface area contributed by atoms with Crippen LogP contribution in [-0.2, 0) is 21.2 Å². The zero-order valence-corrected chi connectivity index (χ0v) is 14.2. The van der Waals surface area contributed by atoms with Crippen LogP contribution in [0.3, 0.4) is 0 Å². The summed E-state index contributed by atoms with van der Waals surface area (Å²) in [7, 11) is -3.72. The Morgan fingerprint density at radius 2 is 1.95 bits per heavy atom. The first-order chi connectivity index (χ1) is 10.4. The number of para-hydroxylation sites is 1. The first-order valence-corrected chi connectivity index (χ1v) is 9.23.